The summed E-state index contributed by atoms with van der Waals surface area (Å²) in [6.45, 7) is 9.72. The van der Waals surface area contributed by atoms with E-state index in [-0.39, 0.29) is 11.5 Å². The van der Waals surface area contributed by atoms with Crippen LogP contribution in [0.2, 0.25) is 0 Å². The number of hydrogen-bond acceptors (Lipinski definition) is 2. The largest absolute Gasteiger partial charge is 0.402 e. The molecule has 0 heterocycles. The Labute approximate surface area is 63.3 Å². The highest BCUT2D eigenvalue weighted by Crippen LogP contribution is 2.20. The van der Waals surface area contributed by atoms with E-state index in [9.17, 15) is 0 Å². The third kappa shape index (κ3) is 2.03. The predicted molar refractivity (Wildman–Crippen MR) is 45.4 cm³/mol. The Morgan fingerprint density at radius 3 is 2.20 bits per heavy atom. The summed E-state index contributed by atoms with van der Waals surface area (Å²) in [6.07, 6.45) is 0.921. The van der Waals surface area contributed by atoms with E-state index in [1.54, 1.807) is 0 Å². The van der Waals surface area contributed by atoms with E-state index in [2.05, 4.69) is 13.5 Å². The van der Waals surface area contributed by atoms with Crippen LogP contribution < -0.4 is 11.5 Å². The maximum atomic E-state index is 5.92. The van der Waals surface area contributed by atoms with E-state index < -0.39 is 0 Å². The van der Waals surface area contributed by atoms with Crippen molar-refractivity contribution in [2.45, 2.75) is 32.7 Å². The molecule has 0 aliphatic rings. The molecule has 10 heavy (non-hydrogen) atoms. The van der Waals surface area contributed by atoms with E-state index in [1.165, 1.54) is 0 Å². The van der Waals surface area contributed by atoms with E-state index >= 15 is 0 Å². The van der Waals surface area contributed by atoms with Crippen LogP contribution >= 0.6 is 0 Å². The van der Waals surface area contributed by atoms with Gasteiger partial charge < -0.3 is 11.5 Å². The van der Waals surface area contributed by atoms with Gasteiger partial charge in [0.1, 0.15) is 0 Å². The lowest BCUT2D eigenvalue weighted by Gasteiger charge is -2.30. The molecule has 0 spiro atoms. The molecule has 2 nitrogen and oxygen atoms in total. The van der Waals surface area contributed by atoms with Gasteiger partial charge in [-0.3, -0.25) is 0 Å². The first-order valence-electron chi connectivity index (χ1n) is 3.65. The quantitative estimate of drug-likeness (QED) is 0.622. The smallest absolute Gasteiger partial charge is 0.0203 e. The highest BCUT2D eigenvalue weighted by Gasteiger charge is 2.24. The summed E-state index contributed by atoms with van der Waals surface area (Å²) in [4.78, 5) is 0. The molecular formula is C8H18N2. The van der Waals surface area contributed by atoms with Gasteiger partial charge in [-0.2, -0.15) is 0 Å². The lowest BCUT2D eigenvalue weighted by atomic mass is 9.84. The zero-order chi connectivity index (χ0) is 8.36. The Kier molecular flexibility index (Phi) is 2.91. The van der Waals surface area contributed by atoms with Crippen molar-refractivity contribution in [3.8, 4) is 0 Å². The van der Waals surface area contributed by atoms with Crippen LogP contribution in [0.3, 0.4) is 0 Å². The zero-order valence-electron chi connectivity index (χ0n) is 7.15. The third-order valence-corrected chi connectivity index (χ3v) is 2.31. The molecular weight excluding hydrogens is 124 g/mol. The third-order valence-electron chi connectivity index (χ3n) is 2.31. The topological polar surface area (TPSA) is 52.0 Å². The molecule has 0 amide bonds. The Morgan fingerprint density at radius 1 is 1.70 bits per heavy atom. The van der Waals surface area contributed by atoms with Gasteiger partial charge >= 0.3 is 0 Å². The fraction of sp³-hybridized carbons (Fsp3) is 0.750. The summed E-state index contributed by atoms with van der Waals surface area (Å²) in [5, 5.41) is 0. The van der Waals surface area contributed by atoms with Crippen molar-refractivity contribution in [2.24, 2.45) is 17.4 Å². The van der Waals surface area contributed by atoms with Gasteiger partial charge in [0.05, 0.1) is 0 Å². The molecule has 0 bridgehead atoms. The van der Waals surface area contributed by atoms with Gasteiger partial charge in [0.25, 0.3) is 0 Å². The van der Waals surface area contributed by atoms with Crippen molar-refractivity contribution in [2.75, 3.05) is 0 Å². The molecule has 2 atom stereocenters. The highest BCUT2D eigenvalue weighted by molar-refractivity contribution is 5.02. The monoisotopic (exact) mass is 142 g/mol. The SMILES string of the molecule is C=C(N)C(C)[C@](C)(N)CC. The molecule has 0 saturated heterocycles. The Morgan fingerprint density at radius 2 is 2.10 bits per heavy atom. The fourth-order valence-electron chi connectivity index (χ4n) is 0.730. The fourth-order valence-corrected chi connectivity index (χ4v) is 0.730. The molecule has 2 heteroatoms. The molecule has 0 fully saturated rings. The van der Waals surface area contributed by atoms with Crippen LogP contribution in [0.15, 0.2) is 12.3 Å². The van der Waals surface area contributed by atoms with Crippen molar-refractivity contribution in [3.63, 3.8) is 0 Å². The molecule has 1 unspecified atom stereocenters. The molecule has 60 valence electrons. The average Bonchev–Trinajstić information content (AvgIpc) is 1.86. The summed E-state index contributed by atoms with van der Waals surface area (Å²) in [5.41, 5.74) is 11.9. The van der Waals surface area contributed by atoms with Crippen molar-refractivity contribution in [3.05, 3.63) is 12.3 Å². The van der Waals surface area contributed by atoms with Gasteiger partial charge in [-0.15, -0.1) is 0 Å². The molecule has 0 aromatic rings. The van der Waals surface area contributed by atoms with Gasteiger partial charge in [0.15, 0.2) is 0 Å². The normalized spacial score (nSPS) is 19.6. The first-order valence-corrected chi connectivity index (χ1v) is 3.65. The van der Waals surface area contributed by atoms with E-state index in [1.807, 2.05) is 13.8 Å². The van der Waals surface area contributed by atoms with E-state index in [0.717, 1.165) is 6.42 Å². The molecule has 0 rings (SSSR count). The van der Waals surface area contributed by atoms with Crippen LogP contribution in [0.1, 0.15) is 27.2 Å². The minimum absolute atomic E-state index is 0.192. The summed E-state index contributed by atoms with van der Waals surface area (Å²) < 4.78 is 0. The first-order chi connectivity index (χ1) is 4.41. The van der Waals surface area contributed by atoms with Gasteiger partial charge in [-0.1, -0.05) is 20.4 Å². The van der Waals surface area contributed by atoms with Crippen molar-refractivity contribution in [1.82, 2.24) is 0 Å². The number of rotatable bonds is 3. The minimum atomic E-state index is -0.203. The lowest BCUT2D eigenvalue weighted by Crippen LogP contribution is -2.44. The molecule has 0 aliphatic carbocycles. The second-order valence-corrected chi connectivity index (χ2v) is 3.16. The zero-order valence-corrected chi connectivity index (χ0v) is 7.15. The van der Waals surface area contributed by atoms with Gasteiger partial charge in [-0.25, -0.2) is 0 Å². The van der Waals surface area contributed by atoms with Gasteiger partial charge in [-0.05, 0) is 13.3 Å². The van der Waals surface area contributed by atoms with Crippen LogP contribution in [-0.4, -0.2) is 5.54 Å². The van der Waals surface area contributed by atoms with Crippen LogP contribution in [0.5, 0.6) is 0 Å². The molecule has 4 N–H and O–H groups in total. The average molecular weight is 142 g/mol. The van der Waals surface area contributed by atoms with Crippen molar-refractivity contribution < 1.29 is 0 Å². The van der Waals surface area contributed by atoms with Crippen LogP contribution in [0.25, 0.3) is 0 Å². The summed E-state index contributed by atoms with van der Waals surface area (Å²) in [6, 6.07) is 0. The minimum Gasteiger partial charge on any atom is -0.402 e. The predicted octanol–water partition coefficient (Wildman–Crippen LogP) is 1.22. The molecule has 0 aromatic heterocycles. The van der Waals surface area contributed by atoms with Crippen LogP contribution in [0, 0.1) is 5.92 Å². The van der Waals surface area contributed by atoms with Crippen molar-refractivity contribution in [1.29, 1.82) is 0 Å². The maximum absolute atomic E-state index is 5.92. The number of nitrogens with two attached hydrogens (primary N) is 2. The lowest BCUT2D eigenvalue weighted by molar-refractivity contribution is 0.344. The summed E-state index contributed by atoms with van der Waals surface area (Å²) in [7, 11) is 0. The Balaban J connectivity index is 4.17. The van der Waals surface area contributed by atoms with E-state index in [0.29, 0.717) is 5.70 Å². The molecule has 0 radical (unpaired) electrons. The van der Waals surface area contributed by atoms with Crippen molar-refractivity contribution >= 4 is 0 Å². The van der Waals surface area contributed by atoms with E-state index in [4.69, 9.17) is 11.5 Å². The molecule has 0 aliphatic heterocycles. The molecule has 0 saturated carbocycles. The maximum Gasteiger partial charge on any atom is 0.0203 e. The Bertz CT molecular complexity index is 127. The Hall–Kier alpha value is -0.500. The number of hydrogen-bond donors (Lipinski definition) is 2. The standard InChI is InChI=1S/C8H18N2/c1-5-8(4,10)6(2)7(3)9/h6H,3,5,9-10H2,1-2,4H3/t6?,8-/m1/s1. The first kappa shape index (κ1) is 9.50. The van der Waals surface area contributed by atoms with Crippen LogP contribution in [0.4, 0.5) is 0 Å². The van der Waals surface area contributed by atoms with Gasteiger partial charge in [0, 0.05) is 17.2 Å². The second-order valence-electron chi connectivity index (χ2n) is 3.16. The second kappa shape index (κ2) is 3.06. The molecule has 0 aromatic carbocycles. The van der Waals surface area contributed by atoms with Crippen LogP contribution in [-0.2, 0) is 0 Å². The summed E-state index contributed by atoms with van der Waals surface area (Å²) in [5.74, 6) is 0.192. The van der Waals surface area contributed by atoms with Gasteiger partial charge in [0.2, 0.25) is 0 Å². The highest BCUT2D eigenvalue weighted by atomic mass is 14.8. The summed E-state index contributed by atoms with van der Waals surface area (Å²) >= 11 is 0.